The number of benzene rings is 1. The van der Waals surface area contributed by atoms with Crippen molar-refractivity contribution in [2.45, 2.75) is 12.5 Å². The fourth-order valence-corrected chi connectivity index (χ4v) is 3.57. The minimum absolute atomic E-state index is 0.258. The van der Waals surface area contributed by atoms with Crippen LogP contribution in [-0.4, -0.2) is 77.6 Å². The zero-order valence-electron chi connectivity index (χ0n) is 16.4. The maximum absolute atomic E-state index is 5.53. The second-order valence-corrected chi connectivity index (χ2v) is 7.00. The van der Waals surface area contributed by atoms with Gasteiger partial charge in [-0.3, -0.25) is 9.89 Å². The van der Waals surface area contributed by atoms with Gasteiger partial charge in [0.25, 0.3) is 0 Å². The first kappa shape index (κ1) is 19.9. The molecule has 2 aliphatic heterocycles. The van der Waals surface area contributed by atoms with Gasteiger partial charge in [0.1, 0.15) is 5.75 Å². The van der Waals surface area contributed by atoms with Crippen molar-refractivity contribution in [3.63, 3.8) is 0 Å². The van der Waals surface area contributed by atoms with E-state index in [1.54, 1.807) is 7.11 Å². The number of hydrogen-bond acceptors (Lipinski definition) is 5. The maximum Gasteiger partial charge on any atom is 0.191 e. The van der Waals surface area contributed by atoms with Gasteiger partial charge in [0.2, 0.25) is 0 Å². The van der Waals surface area contributed by atoms with E-state index in [4.69, 9.17) is 14.2 Å². The van der Waals surface area contributed by atoms with E-state index >= 15 is 0 Å². The molecule has 2 fully saturated rings. The first-order chi connectivity index (χ1) is 13.3. The molecular weight excluding hydrogens is 344 g/mol. The summed E-state index contributed by atoms with van der Waals surface area (Å²) in [5, 5.41) is 6.94. The van der Waals surface area contributed by atoms with E-state index in [0.29, 0.717) is 5.92 Å². The van der Waals surface area contributed by atoms with E-state index < -0.39 is 0 Å². The second-order valence-electron chi connectivity index (χ2n) is 7.00. The molecule has 1 aromatic carbocycles. The quantitative estimate of drug-likeness (QED) is 0.552. The van der Waals surface area contributed by atoms with Crippen molar-refractivity contribution in [2.75, 3.05) is 66.8 Å². The normalized spacial score (nSPS) is 22.4. The van der Waals surface area contributed by atoms with Crippen LogP contribution in [0.1, 0.15) is 18.0 Å². The average Bonchev–Trinajstić information content (AvgIpc) is 3.25. The van der Waals surface area contributed by atoms with Gasteiger partial charge in [-0.1, -0.05) is 12.1 Å². The highest BCUT2D eigenvalue weighted by atomic mass is 16.5. The number of aliphatic imine (C=N–C) groups is 1. The molecule has 7 heteroatoms. The molecule has 2 saturated heterocycles. The van der Waals surface area contributed by atoms with E-state index in [1.165, 1.54) is 5.56 Å². The molecule has 3 rings (SSSR count). The largest absolute Gasteiger partial charge is 0.497 e. The lowest BCUT2D eigenvalue weighted by molar-refractivity contribution is 0.0170. The maximum atomic E-state index is 5.53. The average molecular weight is 377 g/mol. The number of ether oxygens (including phenoxy) is 3. The monoisotopic (exact) mass is 376 g/mol. The standard InChI is InChI=1S/C20H32N4O3/c1-21-20(22-13-16-7-10-27-15-16)23-14-19(24-8-11-26-12-9-24)17-3-5-18(25-2)6-4-17/h3-6,16,19H,7-15H2,1-2H3,(H2,21,22,23). The molecule has 0 aromatic heterocycles. The number of hydrogen-bond donors (Lipinski definition) is 2. The fourth-order valence-electron chi connectivity index (χ4n) is 3.57. The Bertz CT molecular complexity index is 581. The van der Waals surface area contributed by atoms with Gasteiger partial charge in [-0.2, -0.15) is 0 Å². The van der Waals surface area contributed by atoms with Gasteiger partial charge in [0.05, 0.1) is 33.0 Å². The molecule has 0 spiro atoms. The third-order valence-electron chi connectivity index (χ3n) is 5.26. The van der Waals surface area contributed by atoms with Crippen LogP contribution in [0.5, 0.6) is 5.75 Å². The Labute approximate surface area is 162 Å². The molecule has 2 N–H and O–H groups in total. The Hall–Kier alpha value is -1.83. The Morgan fingerprint density at radius 3 is 2.59 bits per heavy atom. The Morgan fingerprint density at radius 2 is 1.96 bits per heavy atom. The summed E-state index contributed by atoms with van der Waals surface area (Å²) in [4.78, 5) is 6.85. The number of morpholine rings is 1. The van der Waals surface area contributed by atoms with Crippen LogP contribution in [0.25, 0.3) is 0 Å². The second kappa shape index (κ2) is 10.5. The minimum atomic E-state index is 0.258. The van der Waals surface area contributed by atoms with Crippen LogP contribution < -0.4 is 15.4 Å². The highest BCUT2D eigenvalue weighted by Crippen LogP contribution is 2.23. The van der Waals surface area contributed by atoms with Gasteiger partial charge in [-0.25, -0.2) is 0 Å². The van der Waals surface area contributed by atoms with E-state index in [0.717, 1.165) is 70.7 Å². The summed E-state index contributed by atoms with van der Waals surface area (Å²) >= 11 is 0. The van der Waals surface area contributed by atoms with Gasteiger partial charge in [0, 0.05) is 45.8 Å². The van der Waals surface area contributed by atoms with Crippen LogP contribution >= 0.6 is 0 Å². The Morgan fingerprint density at radius 1 is 1.19 bits per heavy atom. The molecule has 150 valence electrons. The first-order valence-electron chi connectivity index (χ1n) is 9.78. The topological polar surface area (TPSA) is 67.4 Å². The number of guanidine groups is 1. The molecule has 0 amide bonds. The number of rotatable bonds is 7. The molecule has 0 saturated carbocycles. The molecule has 2 heterocycles. The lowest BCUT2D eigenvalue weighted by Gasteiger charge is -2.35. The summed E-state index contributed by atoms with van der Waals surface area (Å²) in [6.45, 7) is 6.81. The predicted molar refractivity (Wildman–Crippen MR) is 106 cm³/mol. The van der Waals surface area contributed by atoms with Crippen molar-refractivity contribution in [1.29, 1.82) is 0 Å². The highest BCUT2D eigenvalue weighted by molar-refractivity contribution is 5.79. The van der Waals surface area contributed by atoms with E-state index in [9.17, 15) is 0 Å². The van der Waals surface area contributed by atoms with Crippen LogP contribution in [0.15, 0.2) is 29.3 Å². The number of nitrogens with zero attached hydrogens (tertiary/aromatic N) is 2. The Kier molecular flexibility index (Phi) is 7.74. The fraction of sp³-hybridized carbons (Fsp3) is 0.650. The summed E-state index contributed by atoms with van der Waals surface area (Å²) in [6, 6.07) is 8.60. The SMILES string of the molecule is CN=C(NCC1CCOC1)NCC(c1ccc(OC)cc1)N1CCOCC1. The number of nitrogens with one attached hydrogen (secondary N) is 2. The molecule has 0 bridgehead atoms. The smallest absolute Gasteiger partial charge is 0.191 e. The van der Waals surface area contributed by atoms with Crippen LogP contribution in [0.4, 0.5) is 0 Å². The molecular formula is C20H32N4O3. The summed E-state index contributed by atoms with van der Waals surface area (Å²) in [6.07, 6.45) is 1.12. The summed E-state index contributed by atoms with van der Waals surface area (Å²) in [5.41, 5.74) is 1.27. The first-order valence-corrected chi connectivity index (χ1v) is 9.78. The molecule has 2 unspecified atom stereocenters. The van der Waals surface area contributed by atoms with Gasteiger partial charge < -0.3 is 24.8 Å². The lowest BCUT2D eigenvalue weighted by Crippen LogP contribution is -2.47. The summed E-state index contributed by atoms with van der Waals surface area (Å²) < 4.78 is 16.3. The van der Waals surface area contributed by atoms with Gasteiger partial charge in [-0.15, -0.1) is 0 Å². The van der Waals surface area contributed by atoms with E-state index in [2.05, 4.69) is 32.7 Å². The molecule has 2 atom stereocenters. The molecule has 0 radical (unpaired) electrons. The van der Waals surface area contributed by atoms with Crippen LogP contribution in [0.2, 0.25) is 0 Å². The molecule has 27 heavy (non-hydrogen) atoms. The molecule has 7 nitrogen and oxygen atoms in total. The van der Waals surface area contributed by atoms with Crippen molar-refractivity contribution in [3.8, 4) is 5.75 Å². The summed E-state index contributed by atoms with van der Waals surface area (Å²) in [5.74, 6) is 2.29. The van der Waals surface area contributed by atoms with Crippen LogP contribution in [0, 0.1) is 5.92 Å². The van der Waals surface area contributed by atoms with Gasteiger partial charge >= 0.3 is 0 Å². The van der Waals surface area contributed by atoms with Crippen molar-refractivity contribution in [2.24, 2.45) is 10.9 Å². The van der Waals surface area contributed by atoms with Gasteiger partial charge in [0.15, 0.2) is 5.96 Å². The van der Waals surface area contributed by atoms with E-state index in [1.807, 2.05) is 19.2 Å². The van der Waals surface area contributed by atoms with Crippen molar-refractivity contribution < 1.29 is 14.2 Å². The Balaban J connectivity index is 1.60. The third kappa shape index (κ3) is 5.82. The zero-order chi connectivity index (χ0) is 18.9. The van der Waals surface area contributed by atoms with Crippen molar-refractivity contribution in [1.82, 2.24) is 15.5 Å². The van der Waals surface area contributed by atoms with Crippen molar-refractivity contribution >= 4 is 5.96 Å². The minimum Gasteiger partial charge on any atom is -0.497 e. The summed E-state index contributed by atoms with van der Waals surface area (Å²) in [7, 11) is 3.51. The third-order valence-corrected chi connectivity index (χ3v) is 5.26. The number of methoxy groups -OCH3 is 1. The van der Waals surface area contributed by atoms with Gasteiger partial charge in [-0.05, 0) is 24.1 Å². The zero-order valence-corrected chi connectivity index (χ0v) is 16.4. The molecule has 0 aliphatic carbocycles. The van der Waals surface area contributed by atoms with E-state index in [-0.39, 0.29) is 6.04 Å². The van der Waals surface area contributed by atoms with Crippen molar-refractivity contribution in [3.05, 3.63) is 29.8 Å². The lowest BCUT2D eigenvalue weighted by atomic mass is 10.0. The van der Waals surface area contributed by atoms with Crippen LogP contribution in [0.3, 0.4) is 0 Å². The molecule has 2 aliphatic rings. The highest BCUT2D eigenvalue weighted by Gasteiger charge is 2.23. The predicted octanol–water partition coefficient (Wildman–Crippen LogP) is 1.27. The van der Waals surface area contributed by atoms with Crippen LogP contribution in [-0.2, 0) is 9.47 Å². The molecule has 1 aromatic rings.